The van der Waals surface area contributed by atoms with Crippen LogP contribution in [0.3, 0.4) is 0 Å². The quantitative estimate of drug-likeness (QED) is 0.440. The SMILES string of the molecule is CCC1=C(CC)C(C=c2[nH]c(=Cc3ccccn3)c(CC)c2CC)=NC1=Cc1[nH]c(C)c(C)c1C. The molecule has 1 aliphatic heterocycles. The van der Waals surface area contributed by atoms with Crippen molar-refractivity contribution in [3.8, 4) is 0 Å². The van der Waals surface area contributed by atoms with Crippen LogP contribution in [0.25, 0.3) is 18.2 Å². The summed E-state index contributed by atoms with van der Waals surface area (Å²) in [6.45, 7) is 15.4. The third-order valence-electron chi connectivity index (χ3n) is 7.31. The average Bonchev–Trinajstić information content (AvgIpc) is 3.46. The van der Waals surface area contributed by atoms with Crippen LogP contribution in [0.1, 0.15) is 79.9 Å². The lowest BCUT2D eigenvalue weighted by atomic mass is 9.98. The maximum Gasteiger partial charge on any atom is 0.0693 e. The standard InChI is InChI=1S/C31H38N4/c1-8-23-24(9-2)30(34-28(23)16-22-14-12-13-15-32-22)18-31-26(11-4)25(10-3)29(35-31)17-27-20(6)19(5)21(7)33-27/h12-18,33-34H,8-11H2,1-7H3. The van der Waals surface area contributed by atoms with Gasteiger partial charge in [-0.15, -0.1) is 0 Å². The van der Waals surface area contributed by atoms with Gasteiger partial charge in [-0.05, 0) is 110 Å². The molecule has 4 rings (SSSR count). The van der Waals surface area contributed by atoms with Gasteiger partial charge < -0.3 is 9.97 Å². The van der Waals surface area contributed by atoms with Crippen molar-refractivity contribution in [1.82, 2.24) is 15.0 Å². The van der Waals surface area contributed by atoms with Gasteiger partial charge in [-0.3, -0.25) is 4.98 Å². The summed E-state index contributed by atoms with van der Waals surface area (Å²) in [5.74, 6) is 0. The molecule has 4 heteroatoms. The van der Waals surface area contributed by atoms with Gasteiger partial charge in [-0.2, -0.15) is 0 Å². The summed E-state index contributed by atoms with van der Waals surface area (Å²) < 4.78 is 0. The average molecular weight is 467 g/mol. The van der Waals surface area contributed by atoms with Crippen molar-refractivity contribution in [1.29, 1.82) is 0 Å². The number of aliphatic imine (C=N–C) groups is 1. The molecule has 0 saturated heterocycles. The van der Waals surface area contributed by atoms with E-state index in [1.54, 1.807) is 0 Å². The molecule has 0 spiro atoms. The van der Waals surface area contributed by atoms with Gasteiger partial charge in [0, 0.05) is 28.3 Å². The summed E-state index contributed by atoms with van der Waals surface area (Å²) in [5.41, 5.74) is 13.6. The number of aryl methyl sites for hydroxylation is 1. The molecule has 0 radical (unpaired) electrons. The highest BCUT2D eigenvalue weighted by Crippen LogP contribution is 2.33. The van der Waals surface area contributed by atoms with E-state index in [0.717, 1.165) is 59.2 Å². The van der Waals surface area contributed by atoms with Crippen molar-refractivity contribution >= 4 is 23.9 Å². The van der Waals surface area contributed by atoms with Gasteiger partial charge in [-0.1, -0.05) is 33.8 Å². The van der Waals surface area contributed by atoms with E-state index in [4.69, 9.17) is 4.99 Å². The minimum atomic E-state index is 0.966. The van der Waals surface area contributed by atoms with Gasteiger partial charge in [-0.25, -0.2) is 4.99 Å². The third kappa shape index (κ3) is 4.75. The zero-order valence-electron chi connectivity index (χ0n) is 22.3. The number of aromatic amines is 2. The van der Waals surface area contributed by atoms with Crippen molar-refractivity contribution in [3.63, 3.8) is 0 Å². The van der Waals surface area contributed by atoms with E-state index in [0.29, 0.717) is 0 Å². The number of hydrogen-bond acceptors (Lipinski definition) is 2. The number of pyridine rings is 1. The largest absolute Gasteiger partial charge is 0.359 e. The Morgan fingerprint density at radius 2 is 1.43 bits per heavy atom. The minimum Gasteiger partial charge on any atom is -0.359 e. The van der Waals surface area contributed by atoms with Crippen LogP contribution in [0.15, 0.2) is 46.2 Å². The molecule has 0 unspecified atom stereocenters. The molecule has 0 fully saturated rings. The number of rotatable bonds is 7. The molecule has 0 amide bonds. The fourth-order valence-corrected chi connectivity index (χ4v) is 5.18. The monoisotopic (exact) mass is 466 g/mol. The Hall–Kier alpha value is -3.40. The number of hydrogen-bond donors (Lipinski definition) is 2. The highest BCUT2D eigenvalue weighted by Gasteiger charge is 2.21. The lowest BCUT2D eigenvalue weighted by molar-refractivity contribution is 1.04. The van der Waals surface area contributed by atoms with E-state index < -0.39 is 0 Å². The van der Waals surface area contributed by atoms with E-state index in [-0.39, 0.29) is 0 Å². The van der Waals surface area contributed by atoms with E-state index in [9.17, 15) is 0 Å². The van der Waals surface area contributed by atoms with Gasteiger partial charge in [0.1, 0.15) is 0 Å². The van der Waals surface area contributed by atoms with Crippen LogP contribution in [0, 0.1) is 20.8 Å². The molecular formula is C31H38N4. The first kappa shape index (κ1) is 24.7. The fraction of sp³-hybridized carbons (Fsp3) is 0.355. The fourth-order valence-electron chi connectivity index (χ4n) is 5.18. The second kappa shape index (κ2) is 10.5. The molecule has 0 atom stereocenters. The lowest BCUT2D eigenvalue weighted by Gasteiger charge is -2.04. The van der Waals surface area contributed by atoms with Crippen LogP contribution in [-0.4, -0.2) is 20.7 Å². The first-order valence-corrected chi connectivity index (χ1v) is 12.9. The van der Waals surface area contributed by atoms with Crippen LogP contribution in [0.2, 0.25) is 0 Å². The molecular weight excluding hydrogens is 428 g/mol. The van der Waals surface area contributed by atoms with E-state index in [1.165, 1.54) is 39.1 Å². The maximum absolute atomic E-state index is 5.17. The summed E-state index contributed by atoms with van der Waals surface area (Å²) in [6.07, 6.45) is 12.4. The van der Waals surface area contributed by atoms with Crippen molar-refractivity contribution < 1.29 is 0 Å². The summed E-state index contributed by atoms with van der Waals surface area (Å²) in [4.78, 5) is 16.9. The second-order valence-corrected chi connectivity index (χ2v) is 9.26. The highest BCUT2D eigenvalue weighted by molar-refractivity contribution is 6.23. The lowest BCUT2D eigenvalue weighted by Crippen LogP contribution is -2.15. The van der Waals surface area contributed by atoms with Crippen LogP contribution in [0.4, 0.5) is 0 Å². The third-order valence-corrected chi connectivity index (χ3v) is 7.31. The summed E-state index contributed by atoms with van der Waals surface area (Å²) >= 11 is 0. The Morgan fingerprint density at radius 1 is 0.743 bits per heavy atom. The number of allylic oxidation sites excluding steroid dienone is 2. The molecule has 35 heavy (non-hydrogen) atoms. The van der Waals surface area contributed by atoms with E-state index >= 15 is 0 Å². The Balaban J connectivity index is 1.88. The van der Waals surface area contributed by atoms with E-state index in [1.807, 2.05) is 24.4 Å². The molecule has 0 aromatic carbocycles. The Kier molecular flexibility index (Phi) is 7.39. The summed E-state index contributed by atoms with van der Waals surface area (Å²) in [5, 5.41) is 2.31. The van der Waals surface area contributed by atoms with Crippen molar-refractivity contribution in [2.45, 2.75) is 74.1 Å². The molecule has 2 N–H and O–H groups in total. The van der Waals surface area contributed by atoms with Gasteiger partial charge >= 0.3 is 0 Å². The van der Waals surface area contributed by atoms with Crippen LogP contribution < -0.4 is 10.7 Å². The van der Waals surface area contributed by atoms with Crippen LogP contribution >= 0.6 is 0 Å². The molecule has 0 aliphatic carbocycles. The Bertz CT molecular complexity index is 1440. The first-order valence-electron chi connectivity index (χ1n) is 12.9. The van der Waals surface area contributed by atoms with Gasteiger partial charge in [0.15, 0.2) is 0 Å². The molecule has 1 aliphatic rings. The molecule has 3 aromatic rings. The predicted octanol–water partition coefficient (Wildman–Crippen LogP) is 6.01. The normalized spacial score (nSPS) is 16.2. The molecule has 0 bridgehead atoms. The Morgan fingerprint density at radius 3 is 1.97 bits per heavy atom. The van der Waals surface area contributed by atoms with Crippen LogP contribution in [-0.2, 0) is 12.8 Å². The molecule has 4 nitrogen and oxygen atoms in total. The van der Waals surface area contributed by atoms with Crippen molar-refractivity contribution in [2.75, 3.05) is 0 Å². The molecule has 4 heterocycles. The highest BCUT2D eigenvalue weighted by atomic mass is 14.8. The van der Waals surface area contributed by atoms with Gasteiger partial charge in [0.2, 0.25) is 0 Å². The molecule has 0 saturated carbocycles. The van der Waals surface area contributed by atoms with Crippen molar-refractivity contribution in [3.05, 3.63) is 91.3 Å². The minimum absolute atomic E-state index is 0.966. The molecule has 3 aromatic heterocycles. The number of nitrogens with zero attached hydrogens (tertiary/aromatic N) is 2. The number of aromatic nitrogens is 3. The number of H-pyrrole nitrogens is 2. The first-order chi connectivity index (χ1) is 16.9. The summed E-state index contributed by atoms with van der Waals surface area (Å²) in [6, 6.07) is 6.03. The zero-order chi connectivity index (χ0) is 25.1. The predicted molar refractivity (Wildman–Crippen MR) is 149 cm³/mol. The van der Waals surface area contributed by atoms with Crippen molar-refractivity contribution in [2.24, 2.45) is 4.99 Å². The van der Waals surface area contributed by atoms with Crippen LogP contribution in [0.5, 0.6) is 0 Å². The summed E-state index contributed by atoms with van der Waals surface area (Å²) in [7, 11) is 0. The van der Waals surface area contributed by atoms with E-state index in [2.05, 4.69) is 81.6 Å². The number of nitrogens with one attached hydrogen (secondary N) is 2. The van der Waals surface area contributed by atoms with Gasteiger partial charge in [0.25, 0.3) is 0 Å². The topological polar surface area (TPSA) is 56.8 Å². The molecule has 182 valence electrons. The zero-order valence-corrected chi connectivity index (χ0v) is 22.3. The van der Waals surface area contributed by atoms with Gasteiger partial charge in [0.05, 0.1) is 17.1 Å². The smallest absolute Gasteiger partial charge is 0.0693 e. The Labute approximate surface area is 209 Å². The maximum atomic E-state index is 5.17. The second-order valence-electron chi connectivity index (χ2n) is 9.26.